The Bertz CT molecular complexity index is 683. The Hall–Kier alpha value is -2.33. The second-order valence-electron chi connectivity index (χ2n) is 6.26. The van der Waals surface area contributed by atoms with E-state index in [-0.39, 0.29) is 18.0 Å². The molecule has 0 aliphatic heterocycles. The lowest BCUT2D eigenvalue weighted by Crippen LogP contribution is -2.39. The van der Waals surface area contributed by atoms with Gasteiger partial charge < -0.3 is 10.1 Å². The first-order valence-corrected chi connectivity index (χ1v) is 8.43. The van der Waals surface area contributed by atoms with Gasteiger partial charge in [0.25, 0.3) is 0 Å². The summed E-state index contributed by atoms with van der Waals surface area (Å²) in [5.41, 5.74) is 2.01. The number of para-hydroxylation sites is 1. The molecule has 3 rings (SSSR count). The quantitative estimate of drug-likeness (QED) is 0.821. The molecule has 0 radical (unpaired) electrons. The SMILES string of the molecule is COc1ccccc1[C@@H](C)N[C@@H](C(=O)NC1CC1)c1ccccc1. The average Bonchev–Trinajstić information content (AvgIpc) is 3.44. The van der Waals surface area contributed by atoms with Gasteiger partial charge >= 0.3 is 0 Å². The van der Waals surface area contributed by atoms with Crippen LogP contribution in [0.3, 0.4) is 0 Å². The van der Waals surface area contributed by atoms with Gasteiger partial charge in [-0.1, -0.05) is 48.5 Å². The van der Waals surface area contributed by atoms with E-state index in [9.17, 15) is 4.79 Å². The van der Waals surface area contributed by atoms with Crippen LogP contribution in [0, 0.1) is 0 Å². The van der Waals surface area contributed by atoms with Crippen molar-refractivity contribution in [3.05, 3.63) is 65.7 Å². The third kappa shape index (κ3) is 3.95. The molecule has 0 heterocycles. The minimum Gasteiger partial charge on any atom is -0.496 e. The summed E-state index contributed by atoms with van der Waals surface area (Å²) in [6.07, 6.45) is 2.16. The van der Waals surface area contributed by atoms with Crippen molar-refractivity contribution < 1.29 is 9.53 Å². The highest BCUT2D eigenvalue weighted by Gasteiger charge is 2.29. The van der Waals surface area contributed by atoms with Crippen molar-refractivity contribution in [1.29, 1.82) is 0 Å². The summed E-state index contributed by atoms with van der Waals surface area (Å²) >= 11 is 0. The second kappa shape index (κ2) is 7.49. The predicted molar refractivity (Wildman–Crippen MR) is 94.9 cm³/mol. The lowest BCUT2D eigenvalue weighted by Gasteiger charge is -2.24. The summed E-state index contributed by atoms with van der Waals surface area (Å²) in [6, 6.07) is 17.7. The van der Waals surface area contributed by atoms with Crippen molar-refractivity contribution in [2.24, 2.45) is 0 Å². The zero-order valence-corrected chi connectivity index (χ0v) is 14.2. The Kier molecular flexibility index (Phi) is 5.16. The van der Waals surface area contributed by atoms with E-state index in [1.165, 1.54) is 0 Å². The molecule has 4 heteroatoms. The fourth-order valence-electron chi connectivity index (χ4n) is 2.84. The van der Waals surface area contributed by atoms with Gasteiger partial charge in [0, 0.05) is 17.6 Å². The first-order chi connectivity index (χ1) is 11.7. The van der Waals surface area contributed by atoms with Gasteiger partial charge in [0.2, 0.25) is 5.91 Å². The number of carbonyl (C=O) groups is 1. The Morgan fingerprint density at radius 3 is 2.42 bits per heavy atom. The number of ether oxygens (including phenoxy) is 1. The van der Waals surface area contributed by atoms with Crippen molar-refractivity contribution in [1.82, 2.24) is 10.6 Å². The zero-order chi connectivity index (χ0) is 16.9. The normalized spacial score (nSPS) is 16.2. The molecule has 2 atom stereocenters. The first kappa shape index (κ1) is 16.5. The van der Waals surface area contributed by atoms with Crippen molar-refractivity contribution in [2.75, 3.05) is 7.11 Å². The van der Waals surface area contributed by atoms with Crippen LogP contribution < -0.4 is 15.4 Å². The van der Waals surface area contributed by atoms with Crippen LogP contribution in [0.25, 0.3) is 0 Å². The minimum absolute atomic E-state index is 0.0173. The second-order valence-corrected chi connectivity index (χ2v) is 6.26. The van der Waals surface area contributed by atoms with Gasteiger partial charge in [0.1, 0.15) is 11.8 Å². The molecule has 1 fully saturated rings. The molecule has 1 saturated carbocycles. The number of methoxy groups -OCH3 is 1. The molecule has 2 N–H and O–H groups in total. The Morgan fingerprint density at radius 2 is 1.75 bits per heavy atom. The molecule has 126 valence electrons. The van der Waals surface area contributed by atoms with Crippen LogP contribution in [-0.2, 0) is 4.79 Å². The first-order valence-electron chi connectivity index (χ1n) is 8.43. The fourth-order valence-corrected chi connectivity index (χ4v) is 2.84. The molecule has 1 aliphatic rings. The topological polar surface area (TPSA) is 50.4 Å². The Balaban J connectivity index is 1.81. The number of hydrogen-bond acceptors (Lipinski definition) is 3. The van der Waals surface area contributed by atoms with Crippen LogP contribution in [0.4, 0.5) is 0 Å². The fraction of sp³-hybridized carbons (Fsp3) is 0.350. The highest BCUT2D eigenvalue weighted by atomic mass is 16.5. The van der Waals surface area contributed by atoms with Crippen LogP contribution >= 0.6 is 0 Å². The van der Waals surface area contributed by atoms with E-state index in [1.807, 2.05) is 54.6 Å². The van der Waals surface area contributed by atoms with Crippen LogP contribution in [0.15, 0.2) is 54.6 Å². The van der Waals surface area contributed by atoms with Gasteiger partial charge in [-0.2, -0.15) is 0 Å². The van der Waals surface area contributed by atoms with Gasteiger partial charge in [0.15, 0.2) is 0 Å². The molecule has 24 heavy (non-hydrogen) atoms. The maximum absolute atomic E-state index is 12.7. The molecule has 2 aromatic rings. The smallest absolute Gasteiger partial charge is 0.241 e. The third-order valence-electron chi connectivity index (χ3n) is 4.34. The highest BCUT2D eigenvalue weighted by Crippen LogP contribution is 2.28. The predicted octanol–water partition coefficient (Wildman–Crippen LogP) is 3.37. The molecule has 0 unspecified atom stereocenters. The number of benzene rings is 2. The summed E-state index contributed by atoms with van der Waals surface area (Å²) < 4.78 is 5.45. The number of rotatable bonds is 7. The van der Waals surface area contributed by atoms with Crippen molar-refractivity contribution in [3.8, 4) is 5.75 Å². The third-order valence-corrected chi connectivity index (χ3v) is 4.34. The lowest BCUT2D eigenvalue weighted by atomic mass is 10.0. The molecule has 2 aromatic carbocycles. The van der Waals surface area contributed by atoms with Gasteiger partial charge in [-0.15, -0.1) is 0 Å². The molecule has 0 aromatic heterocycles. The number of carbonyl (C=O) groups excluding carboxylic acids is 1. The lowest BCUT2D eigenvalue weighted by molar-refractivity contribution is -0.123. The highest BCUT2D eigenvalue weighted by molar-refractivity contribution is 5.83. The van der Waals surface area contributed by atoms with Crippen LogP contribution in [0.1, 0.15) is 43.0 Å². The van der Waals surface area contributed by atoms with E-state index in [0.717, 1.165) is 29.7 Å². The number of hydrogen-bond donors (Lipinski definition) is 2. The van der Waals surface area contributed by atoms with Gasteiger partial charge in [0.05, 0.1) is 7.11 Å². The van der Waals surface area contributed by atoms with Crippen molar-refractivity contribution in [2.45, 2.75) is 37.9 Å². The minimum atomic E-state index is -0.383. The molecule has 1 amide bonds. The summed E-state index contributed by atoms with van der Waals surface area (Å²) in [4.78, 5) is 12.7. The van der Waals surface area contributed by atoms with Gasteiger partial charge in [-0.05, 0) is 31.4 Å². The molecular weight excluding hydrogens is 300 g/mol. The molecule has 0 bridgehead atoms. The van der Waals surface area contributed by atoms with E-state index < -0.39 is 0 Å². The van der Waals surface area contributed by atoms with Crippen molar-refractivity contribution >= 4 is 5.91 Å². The molecular formula is C20H24N2O2. The molecule has 1 aliphatic carbocycles. The summed E-state index contributed by atoms with van der Waals surface area (Å²) in [6.45, 7) is 2.05. The summed E-state index contributed by atoms with van der Waals surface area (Å²) in [7, 11) is 1.67. The Morgan fingerprint density at radius 1 is 1.08 bits per heavy atom. The van der Waals surface area contributed by atoms with E-state index in [0.29, 0.717) is 6.04 Å². The molecule has 0 spiro atoms. The van der Waals surface area contributed by atoms with Crippen LogP contribution in [-0.4, -0.2) is 19.1 Å². The number of nitrogens with one attached hydrogen (secondary N) is 2. The maximum Gasteiger partial charge on any atom is 0.241 e. The Labute approximate surface area is 143 Å². The summed E-state index contributed by atoms with van der Waals surface area (Å²) in [5, 5.41) is 6.57. The largest absolute Gasteiger partial charge is 0.496 e. The zero-order valence-electron chi connectivity index (χ0n) is 14.2. The van der Waals surface area contributed by atoms with Gasteiger partial charge in [-0.3, -0.25) is 10.1 Å². The monoisotopic (exact) mass is 324 g/mol. The van der Waals surface area contributed by atoms with E-state index >= 15 is 0 Å². The average molecular weight is 324 g/mol. The van der Waals surface area contributed by atoms with Crippen molar-refractivity contribution in [3.63, 3.8) is 0 Å². The van der Waals surface area contributed by atoms with Gasteiger partial charge in [-0.25, -0.2) is 0 Å². The van der Waals surface area contributed by atoms with E-state index in [4.69, 9.17) is 4.74 Å². The van der Waals surface area contributed by atoms with E-state index in [1.54, 1.807) is 7.11 Å². The van der Waals surface area contributed by atoms with E-state index in [2.05, 4.69) is 17.6 Å². The standard InChI is InChI=1S/C20H24N2O2/c1-14(17-10-6-7-11-18(17)24-2)21-19(15-8-4-3-5-9-15)20(23)22-16-12-13-16/h3-11,14,16,19,21H,12-13H2,1-2H3,(H,22,23)/t14-,19-/m1/s1. The van der Waals surface area contributed by atoms with Crippen LogP contribution in [0.2, 0.25) is 0 Å². The number of amides is 1. The maximum atomic E-state index is 12.7. The molecule has 0 saturated heterocycles. The summed E-state index contributed by atoms with van der Waals surface area (Å²) in [5.74, 6) is 0.859. The molecule has 4 nitrogen and oxygen atoms in total. The van der Waals surface area contributed by atoms with Crippen LogP contribution in [0.5, 0.6) is 5.75 Å².